The van der Waals surface area contributed by atoms with Crippen molar-refractivity contribution in [3.05, 3.63) is 35.4 Å². The molecule has 0 bridgehead atoms. The van der Waals surface area contributed by atoms with Crippen LogP contribution in [0.4, 0.5) is 8.78 Å². The number of aliphatic hydroxyl groups is 1. The van der Waals surface area contributed by atoms with Gasteiger partial charge in [-0.25, -0.2) is 8.78 Å². The van der Waals surface area contributed by atoms with Crippen LogP contribution in [0.5, 0.6) is 0 Å². The number of amides is 2. The van der Waals surface area contributed by atoms with Crippen LogP contribution in [0, 0.1) is 17.6 Å². The van der Waals surface area contributed by atoms with Gasteiger partial charge in [-0.15, -0.1) is 0 Å². The molecule has 0 aliphatic heterocycles. The van der Waals surface area contributed by atoms with Crippen LogP contribution in [-0.2, 0) is 4.79 Å². The lowest BCUT2D eigenvalue weighted by Gasteiger charge is -2.29. The highest BCUT2D eigenvalue weighted by molar-refractivity contribution is 5.96. The first kappa shape index (κ1) is 19.0. The van der Waals surface area contributed by atoms with E-state index in [1.165, 1.54) is 0 Å². The Kier molecular flexibility index (Phi) is 6.62. The van der Waals surface area contributed by atoms with Gasteiger partial charge in [-0.05, 0) is 25.0 Å². The van der Waals surface area contributed by atoms with Gasteiger partial charge in [-0.2, -0.15) is 0 Å². The second-order valence-corrected chi connectivity index (χ2v) is 5.75. The number of rotatable bonds is 7. The summed E-state index contributed by atoms with van der Waals surface area (Å²) in [5.41, 5.74) is -1.40. The predicted octanol–water partition coefficient (Wildman–Crippen LogP) is 1.61. The van der Waals surface area contributed by atoms with E-state index in [1.54, 1.807) is 6.92 Å². The molecule has 23 heavy (non-hydrogen) atoms. The fraction of sp³-hybridized carbons (Fsp3) is 0.500. The largest absolute Gasteiger partial charge is 0.388 e. The Bertz CT molecular complexity index is 576. The fourth-order valence-electron chi connectivity index (χ4n) is 1.88. The number of benzene rings is 1. The van der Waals surface area contributed by atoms with Crippen molar-refractivity contribution in [1.29, 1.82) is 0 Å². The van der Waals surface area contributed by atoms with Gasteiger partial charge in [0.15, 0.2) is 0 Å². The van der Waals surface area contributed by atoms with Crippen molar-refractivity contribution in [2.75, 3.05) is 13.1 Å². The van der Waals surface area contributed by atoms with Crippen molar-refractivity contribution in [2.45, 2.75) is 32.8 Å². The van der Waals surface area contributed by atoms with Crippen LogP contribution in [0.3, 0.4) is 0 Å². The molecule has 0 saturated heterocycles. The van der Waals surface area contributed by atoms with Gasteiger partial charge in [0.05, 0.1) is 17.7 Å². The molecule has 128 valence electrons. The van der Waals surface area contributed by atoms with Gasteiger partial charge >= 0.3 is 0 Å². The summed E-state index contributed by atoms with van der Waals surface area (Å²) in [6, 6.07) is 2.56. The highest BCUT2D eigenvalue weighted by Crippen LogP contribution is 2.18. The summed E-state index contributed by atoms with van der Waals surface area (Å²) in [5, 5.41) is 14.9. The van der Waals surface area contributed by atoms with Crippen LogP contribution in [0.25, 0.3) is 0 Å². The quantitative estimate of drug-likeness (QED) is 0.711. The second-order valence-electron chi connectivity index (χ2n) is 5.75. The third kappa shape index (κ3) is 5.59. The van der Waals surface area contributed by atoms with E-state index in [0.29, 0.717) is 6.07 Å². The summed E-state index contributed by atoms with van der Waals surface area (Å²) in [6.07, 6.45) is 0.753. The van der Waals surface area contributed by atoms with Crippen LogP contribution in [0.2, 0.25) is 0 Å². The van der Waals surface area contributed by atoms with E-state index < -0.39 is 29.0 Å². The van der Waals surface area contributed by atoms with Gasteiger partial charge in [-0.1, -0.05) is 20.3 Å². The number of hydrogen-bond acceptors (Lipinski definition) is 3. The normalized spacial score (nSPS) is 14.7. The fourth-order valence-corrected chi connectivity index (χ4v) is 1.88. The molecule has 0 radical (unpaired) electrons. The topological polar surface area (TPSA) is 78.4 Å². The van der Waals surface area contributed by atoms with Crippen molar-refractivity contribution in [3.63, 3.8) is 0 Å². The lowest BCUT2D eigenvalue weighted by molar-refractivity contribution is -0.121. The molecule has 2 unspecified atom stereocenters. The van der Waals surface area contributed by atoms with E-state index in [4.69, 9.17) is 0 Å². The first-order chi connectivity index (χ1) is 10.7. The zero-order chi connectivity index (χ0) is 17.6. The molecule has 0 aliphatic rings. The van der Waals surface area contributed by atoms with Crippen molar-refractivity contribution in [2.24, 2.45) is 5.92 Å². The third-order valence-electron chi connectivity index (χ3n) is 3.90. The Balaban J connectivity index is 2.48. The maximum absolute atomic E-state index is 13.4. The molecule has 0 heterocycles. The minimum atomic E-state index is -1.06. The summed E-state index contributed by atoms with van der Waals surface area (Å²) < 4.78 is 26.2. The van der Waals surface area contributed by atoms with Gasteiger partial charge in [-0.3, -0.25) is 9.59 Å². The number of halogens is 2. The van der Waals surface area contributed by atoms with Crippen molar-refractivity contribution < 1.29 is 23.5 Å². The summed E-state index contributed by atoms with van der Waals surface area (Å²) in [4.78, 5) is 23.4. The Morgan fingerprint density at radius 2 is 1.96 bits per heavy atom. The molecule has 5 nitrogen and oxygen atoms in total. The lowest BCUT2D eigenvalue weighted by Crippen LogP contribution is -2.47. The molecule has 0 aromatic heterocycles. The minimum absolute atomic E-state index is 0.00861. The molecule has 7 heteroatoms. The molecular formula is C16H22F2N2O3. The van der Waals surface area contributed by atoms with E-state index in [1.807, 2.05) is 13.8 Å². The maximum atomic E-state index is 13.4. The summed E-state index contributed by atoms with van der Waals surface area (Å²) in [6.45, 7) is 5.09. The molecule has 1 aromatic carbocycles. The Labute approximate surface area is 134 Å². The highest BCUT2D eigenvalue weighted by Gasteiger charge is 2.27. The van der Waals surface area contributed by atoms with E-state index >= 15 is 0 Å². The van der Waals surface area contributed by atoms with Crippen LogP contribution in [0.1, 0.15) is 37.6 Å². The van der Waals surface area contributed by atoms with Gasteiger partial charge in [0.2, 0.25) is 5.91 Å². The van der Waals surface area contributed by atoms with E-state index in [-0.39, 0.29) is 24.6 Å². The number of hydrogen-bond donors (Lipinski definition) is 3. The van der Waals surface area contributed by atoms with Gasteiger partial charge in [0.1, 0.15) is 11.6 Å². The summed E-state index contributed by atoms with van der Waals surface area (Å²) in [5.74, 6) is -3.12. The maximum Gasteiger partial charge on any atom is 0.254 e. The Morgan fingerprint density at radius 3 is 2.52 bits per heavy atom. The molecule has 0 saturated carbocycles. The third-order valence-corrected chi connectivity index (χ3v) is 3.90. The molecule has 1 rings (SSSR count). The Hall–Kier alpha value is -2.02. The molecule has 3 N–H and O–H groups in total. The second kappa shape index (κ2) is 8.01. The average Bonchev–Trinajstić information content (AvgIpc) is 2.49. The Morgan fingerprint density at radius 1 is 1.30 bits per heavy atom. The summed E-state index contributed by atoms with van der Waals surface area (Å²) >= 11 is 0. The summed E-state index contributed by atoms with van der Waals surface area (Å²) in [7, 11) is 0. The monoisotopic (exact) mass is 328 g/mol. The first-order valence-corrected chi connectivity index (χ1v) is 7.39. The van der Waals surface area contributed by atoms with Crippen LogP contribution in [-0.4, -0.2) is 35.6 Å². The SMILES string of the molecule is CCC(C)C(C)(O)CNC(=O)CNC(=O)c1ccc(F)cc1F. The highest BCUT2D eigenvalue weighted by atomic mass is 19.1. The number of nitrogens with one attached hydrogen (secondary N) is 2. The molecular weight excluding hydrogens is 306 g/mol. The zero-order valence-corrected chi connectivity index (χ0v) is 13.5. The van der Waals surface area contributed by atoms with Crippen molar-refractivity contribution in [3.8, 4) is 0 Å². The predicted molar refractivity (Wildman–Crippen MR) is 81.8 cm³/mol. The minimum Gasteiger partial charge on any atom is -0.388 e. The molecule has 2 atom stereocenters. The van der Waals surface area contributed by atoms with E-state index in [0.717, 1.165) is 18.6 Å². The molecule has 1 aromatic rings. The molecule has 0 spiro atoms. The van der Waals surface area contributed by atoms with Crippen LogP contribution >= 0.6 is 0 Å². The van der Waals surface area contributed by atoms with Gasteiger partial charge in [0, 0.05) is 12.6 Å². The molecule has 2 amide bonds. The lowest BCUT2D eigenvalue weighted by atomic mass is 9.89. The zero-order valence-electron chi connectivity index (χ0n) is 13.5. The van der Waals surface area contributed by atoms with Gasteiger partial charge in [0.25, 0.3) is 5.91 Å². The van der Waals surface area contributed by atoms with Crippen LogP contribution < -0.4 is 10.6 Å². The smallest absolute Gasteiger partial charge is 0.254 e. The van der Waals surface area contributed by atoms with E-state index in [2.05, 4.69) is 10.6 Å². The first-order valence-electron chi connectivity index (χ1n) is 7.39. The van der Waals surface area contributed by atoms with E-state index in [9.17, 15) is 23.5 Å². The average molecular weight is 328 g/mol. The molecule has 0 aliphatic carbocycles. The van der Waals surface area contributed by atoms with Crippen molar-refractivity contribution >= 4 is 11.8 Å². The standard InChI is InChI=1S/C16H22F2N2O3/c1-4-10(2)16(3,23)9-20-14(21)8-19-15(22)12-6-5-11(17)7-13(12)18/h5-7,10,23H,4,8-9H2,1-3H3,(H,19,22)(H,20,21). The number of carbonyl (C=O) groups is 2. The van der Waals surface area contributed by atoms with Gasteiger partial charge < -0.3 is 15.7 Å². The number of carbonyl (C=O) groups excluding carboxylic acids is 2. The van der Waals surface area contributed by atoms with Crippen LogP contribution in [0.15, 0.2) is 18.2 Å². The van der Waals surface area contributed by atoms with Crippen molar-refractivity contribution in [1.82, 2.24) is 10.6 Å². The molecule has 0 fully saturated rings.